The van der Waals surface area contributed by atoms with Gasteiger partial charge in [-0.2, -0.15) is 0 Å². The van der Waals surface area contributed by atoms with Gasteiger partial charge in [0, 0.05) is 23.1 Å². The van der Waals surface area contributed by atoms with Crippen LogP contribution in [-0.2, 0) is 6.42 Å². The van der Waals surface area contributed by atoms with Crippen LogP contribution >= 0.6 is 0 Å². The molecule has 0 radical (unpaired) electrons. The van der Waals surface area contributed by atoms with Crippen LogP contribution in [0.4, 0.5) is 0 Å². The summed E-state index contributed by atoms with van der Waals surface area (Å²) in [6.07, 6.45) is 4.22. The maximum absolute atomic E-state index is 5.82. The van der Waals surface area contributed by atoms with Gasteiger partial charge in [0.1, 0.15) is 0 Å². The predicted molar refractivity (Wildman–Crippen MR) is 74.4 cm³/mol. The fraction of sp³-hybridized carbons (Fsp3) is 0.467. The van der Waals surface area contributed by atoms with E-state index in [0.717, 1.165) is 12.8 Å². The van der Waals surface area contributed by atoms with Crippen molar-refractivity contribution in [1.29, 1.82) is 0 Å². The van der Waals surface area contributed by atoms with Crippen LogP contribution in [0.3, 0.4) is 0 Å². The summed E-state index contributed by atoms with van der Waals surface area (Å²) in [5.41, 5.74) is 9.84. The molecule has 0 spiro atoms. The first-order valence-corrected chi connectivity index (χ1v) is 6.43. The SMILES string of the molecule is CC(N)CCc1c[nH]c2ccc(C(C)C)cc12. The van der Waals surface area contributed by atoms with Crippen LogP contribution in [-0.4, -0.2) is 11.0 Å². The number of aromatic amines is 1. The van der Waals surface area contributed by atoms with E-state index in [9.17, 15) is 0 Å². The Morgan fingerprint density at radius 2 is 2.00 bits per heavy atom. The lowest BCUT2D eigenvalue weighted by Gasteiger charge is -2.07. The van der Waals surface area contributed by atoms with Crippen LogP contribution in [0.5, 0.6) is 0 Å². The van der Waals surface area contributed by atoms with Crippen LogP contribution in [0.15, 0.2) is 24.4 Å². The van der Waals surface area contributed by atoms with Gasteiger partial charge in [-0.15, -0.1) is 0 Å². The average Bonchev–Trinajstić information content (AvgIpc) is 2.68. The van der Waals surface area contributed by atoms with Crippen molar-refractivity contribution in [2.75, 3.05) is 0 Å². The average molecular weight is 230 g/mol. The number of nitrogens with two attached hydrogens (primary N) is 1. The molecule has 92 valence electrons. The van der Waals surface area contributed by atoms with Gasteiger partial charge in [-0.05, 0) is 48.9 Å². The minimum atomic E-state index is 0.272. The van der Waals surface area contributed by atoms with Gasteiger partial charge in [0.2, 0.25) is 0 Å². The highest BCUT2D eigenvalue weighted by molar-refractivity contribution is 5.84. The molecule has 17 heavy (non-hydrogen) atoms. The lowest BCUT2D eigenvalue weighted by Crippen LogP contribution is -2.15. The van der Waals surface area contributed by atoms with Crippen molar-refractivity contribution in [2.24, 2.45) is 5.73 Å². The Kier molecular flexibility index (Phi) is 3.53. The molecule has 2 rings (SSSR count). The van der Waals surface area contributed by atoms with Crippen molar-refractivity contribution >= 4 is 10.9 Å². The summed E-state index contributed by atoms with van der Waals surface area (Å²) in [6, 6.07) is 6.97. The third kappa shape index (κ3) is 2.70. The maximum atomic E-state index is 5.82. The normalized spacial score (nSPS) is 13.5. The van der Waals surface area contributed by atoms with Gasteiger partial charge >= 0.3 is 0 Å². The molecule has 0 aliphatic heterocycles. The molecule has 0 fully saturated rings. The van der Waals surface area contributed by atoms with Crippen molar-refractivity contribution in [1.82, 2.24) is 4.98 Å². The van der Waals surface area contributed by atoms with Gasteiger partial charge in [-0.1, -0.05) is 19.9 Å². The molecule has 2 nitrogen and oxygen atoms in total. The van der Waals surface area contributed by atoms with Gasteiger partial charge in [-0.3, -0.25) is 0 Å². The third-order valence-corrected chi connectivity index (χ3v) is 3.33. The molecule has 1 unspecified atom stereocenters. The molecule has 0 saturated heterocycles. The molecule has 1 aromatic heterocycles. The van der Waals surface area contributed by atoms with Gasteiger partial charge in [0.25, 0.3) is 0 Å². The first kappa shape index (κ1) is 12.2. The highest BCUT2D eigenvalue weighted by atomic mass is 14.7. The smallest absolute Gasteiger partial charge is 0.0456 e. The second-order valence-electron chi connectivity index (χ2n) is 5.29. The number of rotatable bonds is 4. The lowest BCUT2D eigenvalue weighted by molar-refractivity contribution is 0.668. The van der Waals surface area contributed by atoms with Crippen LogP contribution < -0.4 is 5.73 Å². The van der Waals surface area contributed by atoms with Crippen LogP contribution in [0.1, 0.15) is 44.2 Å². The van der Waals surface area contributed by atoms with Crippen molar-refractivity contribution in [3.05, 3.63) is 35.5 Å². The summed E-state index contributed by atoms with van der Waals surface area (Å²) in [7, 11) is 0. The predicted octanol–water partition coefficient (Wildman–Crippen LogP) is 3.57. The Hall–Kier alpha value is -1.28. The Balaban J connectivity index is 2.33. The Morgan fingerprint density at radius 3 is 2.65 bits per heavy atom. The molecule has 0 amide bonds. The largest absolute Gasteiger partial charge is 0.361 e. The zero-order chi connectivity index (χ0) is 12.4. The molecule has 2 heteroatoms. The summed E-state index contributed by atoms with van der Waals surface area (Å²) >= 11 is 0. The van der Waals surface area contributed by atoms with Crippen LogP contribution in [0.25, 0.3) is 10.9 Å². The zero-order valence-electron chi connectivity index (χ0n) is 11.0. The number of fused-ring (bicyclic) bond motifs is 1. The second kappa shape index (κ2) is 4.92. The molecule has 1 heterocycles. The second-order valence-corrected chi connectivity index (χ2v) is 5.29. The molecule has 0 aliphatic carbocycles. The third-order valence-electron chi connectivity index (χ3n) is 3.33. The standard InChI is InChI=1S/C15H22N2/c1-10(2)12-6-7-15-14(8-12)13(9-17-15)5-4-11(3)16/h6-11,17H,4-5,16H2,1-3H3. The van der Waals surface area contributed by atoms with Crippen molar-refractivity contribution in [2.45, 2.75) is 45.6 Å². The minimum absolute atomic E-state index is 0.272. The number of nitrogens with one attached hydrogen (secondary N) is 1. The van der Waals surface area contributed by atoms with Gasteiger partial charge in [-0.25, -0.2) is 0 Å². The van der Waals surface area contributed by atoms with E-state index in [0.29, 0.717) is 5.92 Å². The lowest BCUT2D eigenvalue weighted by atomic mass is 9.99. The van der Waals surface area contributed by atoms with E-state index in [-0.39, 0.29) is 6.04 Å². The molecular weight excluding hydrogens is 208 g/mol. The molecule has 2 aromatic rings. The number of hydrogen-bond acceptors (Lipinski definition) is 1. The summed E-state index contributed by atoms with van der Waals surface area (Å²) < 4.78 is 0. The molecule has 3 N–H and O–H groups in total. The highest BCUT2D eigenvalue weighted by Gasteiger charge is 2.07. The van der Waals surface area contributed by atoms with E-state index in [1.165, 1.54) is 22.0 Å². The van der Waals surface area contributed by atoms with Crippen molar-refractivity contribution in [3.63, 3.8) is 0 Å². The quantitative estimate of drug-likeness (QED) is 0.828. The van der Waals surface area contributed by atoms with E-state index in [1.807, 2.05) is 0 Å². The summed E-state index contributed by atoms with van der Waals surface area (Å²) in [6.45, 7) is 6.53. The number of aryl methyl sites for hydroxylation is 1. The van der Waals surface area contributed by atoms with Gasteiger partial charge in [0.15, 0.2) is 0 Å². The van der Waals surface area contributed by atoms with E-state index in [4.69, 9.17) is 5.73 Å². The van der Waals surface area contributed by atoms with Crippen molar-refractivity contribution in [3.8, 4) is 0 Å². The molecular formula is C15H22N2. The molecule has 0 bridgehead atoms. The highest BCUT2D eigenvalue weighted by Crippen LogP contribution is 2.24. The van der Waals surface area contributed by atoms with E-state index in [2.05, 4.69) is 50.2 Å². The van der Waals surface area contributed by atoms with E-state index in [1.54, 1.807) is 0 Å². The first-order chi connectivity index (χ1) is 8.08. The first-order valence-electron chi connectivity index (χ1n) is 6.43. The van der Waals surface area contributed by atoms with E-state index < -0.39 is 0 Å². The maximum Gasteiger partial charge on any atom is 0.0456 e. The Morgan fingerprint density at radius 1 is 1.24 bits per heavy atom. The summed E-state index contributed by atoms with van der Waals surface area (Å²) in [5.74, 6) is 0.579. The monoisotopic (exact) mass is 230 g/mol. The Labute approximate surface area is 103 Å². The van der Waals surface area contributed by atoms with E-state index >= 15 is 0 Å². The fourth-order valence-electron chi connectivity index (χ4n) is 2.15. The molecule has 0 saturated carbocycles. The van der Waals surface area contributed by atoms with Crippen molar-refractivity contribution < 1.29 is 0 Å². The molecule has 1 atom stereocenters. The number of H-pyrrole nitrogens is 1. The minimum Gasteiger partial charge on any atom is -0.361 e. The molecule has 1 aromatic carbocycles. The Bertz CT molecular complexity index is 495. The van der Waals surface area contributed by atoms with Gasteiger partial charge in [0.05, 0.1) is 0 Å². The summed E-state index contributed by atoms with van der Waals surface area (Å²) in [5, 5.41) is 1.36. The summed E-state index contributed by atoms with van der Waals surface area (Å²) in [4.78, 5) is 3.34. The van der Waals surface area contributed by atoms with Crippen LogP contribution in [0.2, 0.25) is 0 Å². The van der Waals surface area contributed by atoms with Crippen LogP contribution in [0, 0.1) is 0 Å². The number of hydrogen-bond donors (Lipinski definition) is 2. The zero-order valence-corrected chi connectivity index (χ0v) is 11.0. The van der Waals surface area contributed by atoms with Gasteiger partial charge < -0.3 is 10.7 Å². The number of aromatic nitrogens is 1. The number of benzene rings is 1. The fourth-order valence-corrected chi connectivity index (χ4v) is 2.15. The topological polar surface area (TPSA) is 41.8 Å². The molecule has 0 aliphatic rings.